The molecule has 0 aromatic heterocycles. The average Bonchev–Trinajstić information content (AvgIpc) is 2.84. The van der Waals surface area contributed by atoms with E-state index >= 15 is 0 Å². The summed E-state index contributed by atoms with van der Waals surface area (Å²) in [6.45, 7) is 2.06. The van der Waals surface area contributed by atoms with Crippen molar-refractivity contribution in [3.05, 3.63) is 23.5 Å². The van der Waals surface area contributed by atoms with Gasteiger partial charge in [0, 0.05) is 19.1 Å². The van der Waals surface area contributed by atoms with Crippen LogP contribution in [0.25, 0.3) is 0 Å². The smallest absolute Gasteiger partial charge is 0.287 e. The molecule has 2 fully saturated rings. The minimum Gasteiger partial charge on any atom is -0.568 e. The highest BCUT2D eigenvalue weighted by Gasteiger charge is 2.37. The molecule has 0 bridgehead atoms. The first kappa shape index (κ1) is 16.3. The summed E-state index contributed by atoms with van der Waals surface area (Å²) >= 11 is -1.87. The van der Waals surface area contributed by atoms with Crippen molar-refractivity contribution in [1.29, 1.82) is 0 Å². The van der Waals surface area contributed by atoms with Crippen LogP contribution >= 0.6 is 0 Å². The number of nitrogens with one attached hydrogen (secondary N) is 3. The lowest BCUT2D eigenvalue weighted by Gasteiger charge is -2.24. The molecule has 2 aliphatic rings. The Hall–Kier alpha value is -1.55. The van der Waals surface area contributed by atoms with Crippen molar-refractivity contribution in [1.82, 2.24) is 15.4 Å². The summed E-state index contributed by atoms with van der Waals surface area (Å²) in [4.78, 5) is 11.2. The van der Waals surface area contributed by atoms with Crippen LogP contribution in [0.5, 0.6) is 5.75 Å². The molecule has 2 unspecified atom stereocenters. The van der Waals surface area contributed by atoms with E-state index in [0.717, 1.165) is 30.2 Å². The molecule has 23 heavy (non-hydrogen) atoms. The van der Waals surface area contributed by atoms with Crippen LogP contribution in [0, 0.1) is 5.82 Å². The molecule has 2 aliphatic heterocycles. The Kier molecular flexibility index (Phi) is 4.90. The van der Waals surface area contributed by atoms with E-state index in [-0.39, 0.29) is 18.0 Å². The van der Waals surface area contributed by atoms with Gasteiger partial charge < -0.3 is 20.3 Å². The Morgan fingerprint density at radius 3 is 2.96 bits per heavy atom. The average molecular weight is 342 g/mol. The fraction of sp³-hybridized carbons (Fsp3) is 0.500. The number of anilines is 1. The molecule has 1 aromatic rings. The van der Waals surface area contributed by atoms with Crippen molar-refractivity contribution in [3.8, 4) is 5.75 Å². The van der Waals surface area contributed by atoms with Crippen molar-refractivity contribution in [2.75, 3.05) is 23.9 Å². The second-order valence-electron chi connectivity index (χ2n) is 5.68. The number of amides is 1. The molecule has 2 atom stereocenters. The summed E-state index contributed by atoms with van der Waals surface area (Å²) in [5, 5.41) is 16.7. The highest BCUT2D eigenvalue weighted by molar-refractivity contribution is 7.92. The normalized spacial score (nSPS) is 24.8. The number of phenols is 1. The molecule has 0 aliphatic carbocycles. The summed E-state index contributed by atoms with van der Waals surface area (Å²) in [6, 6.07) is 3.04. The van der Waals surface area contributed by atoms with Crippen molar-refractivity contribution in [2.24, 2.45) is 0 Å². The van der Waals surface area contributed by atoms with E-state index in [9.17, 15) is 18.8 Å². The quantitative estimate of drug-likeness (QED) is 0.570. The summed E-state index contributed by atoms with van der Waals surface area (Å²) in [7, 11) is 0. The number of nitrogens with zero attached hydrogens (tertiary/aromatic N) is 1. The second-order valence-corrected chi connectivity index (χ2v) is 6.82. The standard InChI is InChI=1S/C14H19FN4O3S/c15-11-4-9(6-17-10-2-1-3-16-7-10)5-12(20)14(11)19-8-13(21)18-23(19)22/h4-5,10,16-17,20H,1-3,6-8H2,(H,18,21). The highest BCUT2D eigenvalue weighted by Crippen LogP contribution is 2.34. The maximum atomic E-state index is 14.3. The third-order valence-electron chi connectivity index (χ3n) is 3.93. The van der Waals surface area contributed by atoms with Crippen LogP contribution in [0.2, 0.25) is 0 Å². The predicted octanol–water partition coefficient (Wildman–Crippen LogP) is -0.112. The van der Waals surface area contributed by atoms with Gasteiger partial charge in [0.05, 0.1) is 0 Å². The number of benzene rings is 1. The van der Waals surface area contributed by atoms with Crippen LogP contribution in [0.3, 0.4) is 0 Å². The summed E-state index contributed by atoms with van der Waals surface area (Å²) < 4.78 is 29.2. The Bertz CT molecular complexity index is 574. The zero-order valence-corrected chi connectivity index (χ0v) is 13.3. The van der Waals surface area contributed by atoms with Crippen LogP contribution in [0.15, 0.2) is 12.1 Å². The number of piperidine rings is 1. The second kappa shape index (κ2) is 6.91. The largest absolute Gasteiger partial charge is 0.568 e. The van der Waals surface area contributed by atoms with Crippen molar-refractivity contribution < 1.29 is 18.8 Å². The maximum Gasteiger partial charge on any atom is 0.287 e. The number of halogens is 1. The molecule has 0 radical (unpaired) electrons. The van der Waals surface area contributed by atoms with Gasteiger partial charge in [0.15, 0.2) is 29.6 Å². The number of phenolic OH excluding ortho intramolecular Hbond substituents is 1. The van der Waals surface area contributed by atoms with E-state index in [1.54, 1.807) is 0 Å². The third-order valence-corrected chi connectivity index (χ3v) is 5.05. The van der Waals surface area contributed by atoms with E-state index in [1.807, 2.05) is 0 Å². The number of hydrogen-bond acceptors (Lipinski definition) is 6. The fourth-order valence-corrected chi connectivity index (χ4v) is 3.76. The zero-order valence-electron chi connectivity index (χ0n) is 12.5. The van der Waals surface area contributed by atoms with Crippen LogP contribution < -0.4 is 19.7 Å². The summed E-state index contributed by atoms with van der Waals surface area (Å²) in [6.07, 6.45) is 2.15. The maximum absolute atomic E-state index is 14.3. The van der Waals surface area contributed by atoms with Gasteiger partial charge in [-0.25, -0.2) is 4.39 Å². The van der Waals surface area contributed by atoms with Gasteiger partial charge in [0.25, 0.3) is 5.91 Å². The van der Waals surface area contributed by atoms with Crippen molar-refractivity contribution in [2.45, 2.75) is 25.4 Å². The van der Waals surface area contributed by atoms with Crippen LogP contribution in [-0.2, 0) is 22.9 Å². The van der Waals surface area contributed by atoms with E-state index in [0.29, 0.717) is 18.2 Å². The zero-order chi connectivity index (χ0) is 16.4. The molecule has 7 nitrogen and oxygen atoms in total. The molecule has 0 spiro atoms. The number of rotatable bonds is 4. The van der Waals surface area contributed by atoms with Crippen LogP contribution in [-0.4, -0.2) is 41.2 Å². The Labute approximate surface area is 136 Å². The molecule has 1 aromatic carbocycles. The van der Waals surface area contributed by atoms with E-state index < -0.39 is 23.3 Å². The monoisotopic (exact) mass is 342 g/mol. The van der Waals surface area contributed by atoms with Gasteiger partial charge in [-0.2, -0.15) is 4.31 Å². The lowest BCUT2D eigenvalue weighted by atomic mass is 10.1. The molecule has 9 heteroatoms. The third kappa shape index (κ3) is 3.69. The number of hydrogen-bond donors (Lipinski definition) is 4. The SMILES string of the molecule is O=C1CN(c2c(O)cc(CNC3CCCNC3)cc2F)[S+]([O-])N1. The number of aromatic hydroxyl groups is 1. The van der Waals surface area contributed by atoms with Crippen molar-refractivity contribution >= 4 is 23.1 Å². The molecular weight excluding hydrogens is 323 g/mol. The molecule has 4 N–H and O–H groups in total. The first-order valence-corrected chi connectivity index (χ1v) is 8.59. The van der Waals surface area contributed by atoms with Gasteiger partial charge in [0.1, 0.15) is 5.75 Å². The molecule has 1 amide bonds. The lowest BCUT2D eigenvalue weighted by molar-refractivity contribution is -0.117. The first-order chi connectivity index (χ1) is 11.0. The van der Waals surface area contributed by atoms with Gasteiger partial charge in [-0.1, -0.05) is 0 Å². The lowest BCUT2D eigenvalue weighted by Crippen LogP contribution is -2.42. The van der Waals surface area contributed by atoms with Gasteiger partial charge in [-0.3, -0.25) is 4.79 Å². The first-order valence-electron chi connectivity index (χ1n) is 7.49. The van der Waals surface area contributed by atoms with E-state index in [2.05, 4.69) is 15.4 Å². The Balaban J connectivity index is 1.71. The molecule has 0 saturated carbocycles. The Morgan fingerprint density at radius 2 is 2.35 bits per heavy atom. The van der Waals surface area contributed by atoms with Crippen LogP contribution in [0.4, 0.5) is 10.1 Å². The van der Waals surface area contributed by atoms with Gasteiger partial charge in [-0.15, -0.1) is 4.72 Å². The van der Waals surface area contributed by atoms with Gasteiger partial charge in [0.2, 0.25) is 0 Å². The molecule has 3 rings (SSSR count). The fourth-order valence-electron chi connectivity index (χ4n) is 2.81. The van der Waals surface area contributed by atoms with Crippen molar-refractivity contribution in [3.63, 3.8) is 0 Å². The van der Waals surface area contributed by atoms with Gasteiger partial charge in [-0.05, 0) is 37.1 Å². The molecule has 126 valence electrons. The minimum absolute atomic E-state index is 0.218. The summed E-state index contributed by atoms with van der Waals surface area (Å²) in [5.41, 5.74) is 0.378. The van der Waals surface area contributed by atoms with E-state index in [1.165, 1.54) is 12.1 Å². The predicted molar refractivity (Wildman–Crippen MR) is 84.4 cm³/mol. The van der Waals surface area contributed by atoms with Crippen LogP contribution in [0.1, 0.15) is 18.4 Å². The van der Waals surface area contributed by atoms with Gasteiger partial charge >= 0.3 is 0 Å². The summed E-state index contributed by atoms with van der Waals surface area (Å²) in [5.74, 6) is -1.50. The Morgan fingerprint density at radius 1 is 1.52 bits per heavy atom. The van der Waals surface area contributed by atoms with E-state index in [4.69, 9.17) is 0 Å². The topological polar surface area (TPSA) is 99.7 Å². The molecule has 2 saturated heterocycles. The highest BCUT2D eigenvalue weighted by atomic mass is 32.2. The molecule has 2 heterocycles. The number of carbonyl (C=O) groups is 1. The molecular formula is C14H19FN4O3S. The number of carbonyl (C=O) groups excluding carboxylic acids is 1. The minimum atomic E-state index is -1.87.